The van der Waals surface area contributed by atoms with Crippen LogP contribution < -0.4 is 0 Å². The van der Waals surface area contributed by atoms with E-state index in [1.165, 1.54) is 0 Å². The normalized spacial score (nSPS) is 34.5. The lowest BCUT2D eigenvalue weighted by Gasteiger charge is -2.32. The van der Waals surface area contributed by atoms with Crippen molar-refractivity contribution in [2.75, 3.05) is 52.9 Å². The minimum Gasteiger partial charge on any atom is -0.390 e. The first-order valence-electron chi connectivity index (χ1n) is 10.3. The molecule has 4 aliphatic rings. The van der Waals surface area contributed by atoms with Gasteiger partial charge in [-0.1, -0.05) is 0 Å². The van der Waals surface area contributed by atoms with Crippen molar-refractivity contribution in [3.63, 3.8) is 0 Å². The molecule has 9 nitrogen and oxygen atoms in total. The van der Waals surface area contributed by atoms with Gasteiger partial charge in [0.1, 0.15) is 36.6 Å². The van der Waals surface area contributed by atoms with Gasteiger partial charge in [-0.05, 0) is 19.3 Å². The second-order valence-corrected chi connectivity index (χ2v) is 8.02. The first-order valence-corrected chi connectivity index (χ1v) is 10.3. The smallest absolute Gasteiger partial charge is 0.112 e. The first-order chi connectivity index (χ1) is 13.7. The van der Waals surface area contributed by atoms with E-state index >= 15 is 0 Å². The van der Waals surface area contributed by atoms with E-state index < -0.39 is 24.4 Å². The molecule has 0 spiro atoms. The predicted molar refractivity (Wildman–Crippen MR) is 95.1 cm³/mol. The zero-order valence-electron chi connectivity index (χ0n) is 16.1. The van der Waals surface area contributed by atoms with Crippen LogP contribution in [0.15, 0.2) is 0 Å². The van der Waals surface area contributed by atoms with Crippen molar-refractivity contribution in [2.45, 2.75) is 68.1 Å². The molecule has 4 saturated heterocycles. The van der Waals surface area contributed by atoms with Crippen LogP contribution >= 0.6 is 0 Å². The third-order valence-electron chi connectivity index (χ3n) is 5.29. The highest BCUT2D eigenvalue weighted by Crippen LogP contribution is 2.23. The summed E-state index contributed by atoms with van der Waals surface area (Å²) in [5.74, 6) is 0. The summed E-state index contributed by atoms with van der Waals surface area (Å²) in [6.45, 7) is 4.25. The molecule has 0 amide bonds. The lowest BCUT2D eigenvalue weighted by atomic mass is 9.98. The van der Waals surface area contributed by atoms with E-state index in [1.54, 1.807) is 0 Å². The van der Waals surface area contributed by atoms with Gasteiger partial charge in [-0.3, -0.25) is 0 Å². The van der Waals surface area contributed by atoms with Crippen LogP contribution in [-0.4, -0.2) is 112 Å². The number of hydrogen-bond donors (Lipinski definition) is 2. The Hall–Kier alpha value is -0.360. The fourth-order valence-electron chi connectivity index (χ4n) is 3.11. The third-order valence-corrected chi connectivity index (χ3v) is 5.29. The number of aliphatic hydroxyl groups is 2. The van der Waals surface area contributed by atoms with Gasteiger partial charge in [-0.2, -0.15) is 0 Å². The van der Waals surface area contributed by atoms with Crippen LogP contribution in [0.4, 0.5) is 0 Å². The standard InChI is InChI=1S/C19H32O9/c20-16(3-1-2-12-5-23-12)19(28-10-15-8-26-15)18(21)17(27-9-14-7-25-14)11-22-4-13-6-24-13/h12-21H,1-11H2. The van der Waals surface area contributed by atoms with Crippen LogP contribution in [0.25, 0.3) is 0 Å². The molecular weight excluding hydrogens is 372 g/mol. The number of aliphatic hydroxyl groups excluding tert-OH is 2. The summed E-state index contributed by atoms with van der Waals surface area (Å²) in [5.41, 5.74) is 0. The molecule has 0 saturated carbocycles. The van der Waals surface area contributed by atoms with E-state index in [2.05, 4.69) is 0 Å². The highest BCUT2D eigenvalue weighted by molar-refractivity contribution is 4.86. The largest absolute Gasteiger partial charge is 0.390 e. The van der Waals surface area contributed by atoms with Gasteiger partial charge in [0, 0.05) is 0 Å². The van der Waals surface area contributed by atoms with Gasteiger partial charge < -0.3 is 43.4 Å². The Morgan fingerprint density at radius 3 is 1.96 bits per heavy atom. The molecule has 8 unspecified atom stereocenters. The maximum Gasteiger partial charge on any atom is 0.112 e. The van der Waals surface area contributed by atoms with Crippen molar-refractivity contribution in [3.8, 4) is 0 Å². The molecule has 8 atom stereocenters. The molecule has 4 fully saturated rings. The van der Waals surface area contributed by atoms with Gasteiger partial charge in [0.15, 0.2) is 0 Å². The minimum atomic E-state index is -1.02. The minimum absolute atomic E-state index is 0.0456. The summed E-state index contributed by atoms with van der Waals surface area (Å²) >= 11 is 0. The average molecular weight is 404 g/mol. The fourth-order valence-corrected chi connectivity index (χ4v) is 3.11. The van der Waals surface area contributed by atoms with Gasteiger partial charge in [-0.25, -0.2) is 0 Å². The average Bonchev–Trinajstić information content (AvgIpc) is 3.53. The van der Waals surface area contributed by atoms with Gasteiger partial charge in [0.2, 0.25) is 0 Å². The van der Waals surface area contributed by atoms with Crippen LogP contribution in [0.1, 0.15) is 19.3 Å². The van der Waals surface area contributed by atoms with Crippen molar-refractivity contribution >= 4 is 0 Å². The van der Waals surface area contributed by atoms with Crippen molar-refractivity contribution in [2.24, 2.45) is 0 Å². The molecule has 0 aromatic carbocycles. The lowest BCUT2D eigenvalue weighted by molar-refractivity contribution is -0.164. The molecule has 162 valence electrons. The molecule has 0 aromatic heterocycles. The van der Waals surface area contributed by atoms with Gasteiger partial charge in [-0.15, -0.1) is 0 Å². The Bertz CT molecular complexity index is 462. The van der Waals surface area contributed by atoms with Crippen LogP contribution in [0, 0.1) is 0 Å². The summed E-state index contributed by atoms with van der Waals surface area (Å²) in [5, 5.41) is 21.7. The Labute approximate surface area is 165 Å². The molecular formula is C19H32O9. The van der Waals surface area contributed by atoms with E-state index in [-0.39, 0.29) is 24.9 Å². The molecule has 0 radical (unpaired) electrons. The van der Waals surface area contributed by atoms with E-state index in [9.17, 15) is 10.2 Å². The summed E-state index contributed by atoms with van der Waals surface area (Å²) in [6, 6.07) is 0. The highest BCUT2D eigenvalue weighted by Gasteiger charge is 2.38. The van der Waals surface area contributed by atoms with Crippen molar-refractivity contribution < 1.29 is 43.4 Å². The zero-order valence-corrected chi connectivity index (χ0v) is 16.1. The van der Waals surface area contributed by atoms with Gasteiger partial charge >= 0.3 is 0 Å². The van der Waals surface area contributed by atoms with E-state index in [4.69, 9.17) is 33.2 Å². The third kappa shape index (κ3) is 7.47. The molecule has 4 aliphatic heterocycles. The van der Waals surface area contributed by atoms with E-state index in [0.29, 0.717) is 52.2 Å². The summed E-state index contributed by atoms with van der Waals surface area (Å²) in [7, 11) is 0. The van der Waals surface area contributed by atoms with Gasteiger partial charge in [0.05, 0.1) is 65.1 Å². The van der Waals surface area contributed by atoms with E-state index in [1.807, 2.05) is 0 Å². The number of hydrogen-bond acceptors (Lipinski definition) is 9. The molecule has 0 aromatic rings. The predicted octanol–water partition coefficient (Wildman–Crippen LogP) is -0.739. The number of epoxide rings is 4. The van der Waals surface area contributed by atoms with Crippen molar-refractivity contribution in [3.05, 3.63) is 0 Å². The Kier molecular flexibility index (Phi) is 7.54. The molecule has 0 bridgehead atoms. The molecule has 9 heteroatoms. The number of rotatable bonds is 17. The van der Waals surface area contributed by atoms with Crippen LogP contribution in [0.5, 0.6) is 0 Å². The van der Waals surface area contributed by atoms with Crippen LogP contribution in [0.3, 0.4) is 0 Å². The summed E-state index contributed by atoms with van der Waals surface area (Å²) in [4.78, 5) is 0. The molecule has 28 heavy (non-hydrogen) atoms. The van der Waals surface area contributed by atoms with Crippen LogP contribution in [-0.2, 0) is 33.2 Å². The summed E-state index contributed by atoms with van der Waals surface area (Å²) in [6.07, 6.45) is -0.375. The monoisotopic (exact) mass is 404 g/mol. The maximum absolute atomic E-state index is 11.0. The van der Waals surface area contributed by atoms with Crippen molar-refractivity contribution in [1.29, 1.82) is 0 Å². The fraction of sp³-hybridized carbons (Fsp3) is 1.00. The first kappa shape index (κ1) is 20.9. The van der Waals surface area contributed by atoms with E-state index in [0.717, 1.165) is 19.4 Å². The quantitative estimate of drug-likeness (QED) is 0.302. The number of ether oxygens (including phenoxy) is 7. The Morgan fingerprint density at radius 2 is 1.36 bits per heavy atom. The molecule has 4 heterocycles. The SMILES string of the molecule is OC(CCCC1CO1)C(OCC1CO1)C(O)C(COCC1CO1)OCC1CO1. The van der Waals surface area contributed by atoms with Gasteiger partial charge in [0.25, 0.3) is 0 Å². The second kappa shape index (κ2) is 10.1. The molecule has 0 aliphatic carbocycles. The second-order valence-electron chi connectivity index (χ2n) is 8.02. The molecule has 4 rings (SSSR count). The maximum atomic E-state index is 11.0. The van der Waals surface area contributed by atoms with Crippen LogP contribution in [0.2, 0.25) is 0 Å². The zero-order chi connectivity index (χ0) is 19.3. The highest BCUT2D eigenvalue weighted by atomic mass is 16.6. The lowest BCUT2D eigenvalue weighted by Crippen LogP contribution is -2.49. The topological polar surface area (TPSA) is 118 Å². The van der Waals surface area contributed by atoms with Crippen molar-refractivity contribution in [1.82, 2.24) is 0 Å². The summed E-state index contributed by atoms with van der Waals surface area (Å²) < 4.78 is 38.1. The Morgan fingerprint density at radius 1 is 0.786 bits per heavy atom. The Balaban J connectivity index is 1.29. The molecule has 2 N–H and O–H groups in total.